The van der Waals surface area contributed by atoms with Crippen LogP contribution in [0.15, 0.2) is 0 Å². The number of esters is 1. The Bertz CT molecular complexity index is 617. The van der Waals surface area contributed by atoms with Crippen molar-refractivity contribution in [3.63, 3.8) is 0 Å². The van der Waals surface area contributed by atoms with E-state index < -0.39 is 0 Å². The first-order chi connectivity index (χ1) is 13.2. The third-order valence-electron chi connectivity index (χ3n) is 4.55. The van der Waals surface area contributed by atoms with Gasteiger partial charge in [0.1, 0.15) is 0 Å². The van der Waals surface area contributed by atoms with Gasteiger partial charge in [0, 0.05) is 45.8 Å². The smallest absolute Gasteiger partial charge is 0.320 e. The Morgan fingerprint density at radius 3 is 2.22 bits per heavy atom. The number of carbonyl (C=O) groups excluding carboxylic acids is 1. The summed E-state index contributed by atoms with van der Waals surface area (Å²) in [4.78, 5) is 31.9. The highest BCUT2D eigenvalue weighted by atomic mass is 16.5. The van der Waals surface area contributed by atoms with Crippen LogP contribution >= 0.6 is 0 Å². The summed E-state index contributed by atoms with van der Waals surface area (Å²) in [6.45, 7) is 11.3. The fourth-order valence-electron chi connectivity index (χ4n) is 3.13. The summed E-state index contributed by atoms with van der Waals surface area (Å²) in [6.07, 6.45) is 0. The number of anilines is 3. The Labute approximate surface area is 159 Å². The first kappa shape index (κ1) is 19.6. The standard InChI is InChI=1S/C17H29N7O3/c1-3-18-15-19-16(21-17(20-15)24-9-11-26-12-10-24)23-7-5-22(6-8-23)13-14(25)27-4-2/h3-13H2,1-2H3,(H,18,19,20,21). The number of nitrogens with one attached hydrogen (secondary N) is 1. The molecule has 150 valence electrons. The van der Waals surface area contributed by atoms with Crippen molar-refractivity contribution < 1.29 is 14.3 Å². The minimum atomic E-state index is -0.171. The zero-order valence-corrected chi connectivity index (χ0v) is 16.2. The average molecular weight is 379 g/mol. The molecule has 0 saturated carbocycles. The third-order valence-corrected chi connectivity index (χ3v) is 4.55. The van der Waals surface area contributed by atoms with Crippen molar-refractivity contribution >= 4 is 23.8 Å². The van der Waals surface area contributed by atoms with E-state index in [0.29, 0.717) is 44.2 Å². The van der Waals surface area contributed by atoms with Gasteiger partial charge in [-0.05, 0) is 13.8 Å². The van der Waals surface area contributed by atoms with Crippen LogP contribution in [0, 0.1) is 0 Å². The lowest BCUT2D eigenvalue weighted by atomic mass is 10.3. The maximum Gasteiger partial charge on any atom is 0.320 e. The van der Waals surface area contributed by atoms with Crippen LogP contribution in [-0.2, 0) is 14.3 Å². The Morgan fingerprint density at radius 2 is 1.63 bits per heavy atom. The van der Waals surface area contributed by atoms with Crippen molar-refractivity contribution in [2.45, 2.75) is 13.8 Å². The molecule has 1 N–H and O–H groups in total. The van der Waals surface area contributed by atoms with E-state index in [4.69, 9.17) is 14.5 Å². The average Bonchev–Trinajstić information content (AvgIpc) is 2.69. The topological polar surface area (TPSA) is 96.0 Å². The molecule has 1 aromatic heterocycles. The number of nitrogens with zero attached hydrogens (tertiary/aromatic N) is 6. The van der Waals surface area contributed by atoms with Gasteiger partial charge >= 0.3 is 5.97 Å². The van der Waals surface area contributed by atoms with Crippen molar-refractivity contribution in [2.24, 2.45) is 0 Å². The molecule has 3 heterocycles. The first-order valence-electron chi connectivity index (χ1n) is 9.65. The van der Waals surface area contributed by atoms with Gasteiger partial charge in [-0.3, -0.25) is 9.69 Å². The maximum atomic E-state index is 11.7. The highest BCUT2D eigenvalue weighted by molar-refractivity contribution is 5.71. The van der Waals surface area contributed by atoms with E-state index in [-0.39, 0.29) is 5.97 Å². The van der Waals surface area contributed by atoms with Crippen LogP contribution < -0.4 is 15.1 Å². The van der Waals surface area contributed by atoms with E-state index in [1.54, 1.807) is 0 Å². The van der Waals surface area contributed by atoms with Crippen LogP contribution in [0.3, 0.4) is 0 Å². The molecular weight excluding hydrogens is 350 g/mol. The molecule has 2 saturated heterocycles. The molecule has 0 aliphatic carbocycles. The Morgan fingerprint density at radius 1 is 1.00 bits per heavy atom. The van der Waals surface area contributed by atoms with Gasteiger partial charge in [-0.15, -0.1) is 0 Å². The highest BCUT2D eigenvalue weighted by Crippen LogP contribution is 2.19. The lowest BCUT2D eigenvalue weighted by Gasteiger charge is -2.34. The van der Waals surface area contributed by atoms with Crippen LogP contribution in [0.1, 0.15) is 13.8 Å². The lowest BCUT2D eigenvalue weighted by Crippen LogP contribution is -2.49. The normalized spacial score (nSPS) is 18.4. The van der Waals surface area contributed by atoms with Gasteiger partial charge in [-0.1, -0.05) is 0 Å². The first-order valence-corrected chi connectivity index (χ1v) is 9.65. The third kappa shape index (κ3) is 5.39. The molecule has 27 heavy (non-hydrogen) atoms. The number of hydrogen-bond acceptors (Lipinski definition) is 10. The number of piperazine rings is 1. The summed E-state index contributed by atoms with van der Waals surface area (Å²) in [5, 5.41) is 3.20. The fraction of sp³-hybridized carbons (Fsp3) is 0.765. The van der Waals surface area contributed by atoms with E-state index >= 15 is 0 Å². The van der Waals surface area contributed by atoms with Crippen LogP contribution in [0.4, 0.5) is 17.8 Å². The van der Waals surface area contributed by atoms with Crippen LogP contribution in [0.5, 0.6) is 0 Å². The minimum Gasteiger partial charge on any atom is -0.465 e. The second-order valence-electron chi connectivity index (χ2n) is 6.46. The van der Waals surface area contributed by atoms with Gasteiger partial charge in [-0.2, -0.15) is 15.0 Å². The number of hydrogen-bond donors (Lipinski definition) is 1. The number of ether oxygens (including phenoxy) is 2. The maximum absolute atomic E-state index is 11.7. The SMILES string of the molecule is CCNc1nc(N2CCOCC2)nc(N2CCN(CC(=O)OCC)CC2)n1. The summed E-state index contributed by atoms with van der Waals surface area (Å²) in [7, 11) is 0. The number of aromatic nitrogens is 3. The predicted molar refractivity (Wildman–Crippen MR) is 102 cm³/mol. The van der Waals surface area contributed by atoms with Gasteiger partial charge in [0.05, 0.1) is 26.4 Å². The number of rotatable bonds is 7. The Hall–Kier alpha value is -2.20. The van der Waals surface area contributed by atoms with Gasteiger partial charge < -0.3 is 24.6 Å². The molecule has 0 bridgehead atoms. The van der Waals surface area contributed by atoms with E-state index in [2.05, 4.69) is 30.0 Å². The summed E-state index contributed by atoms with van der Waals surface area (Å²) in [6, 6.07) is 0. The molecule has 0 spiro atoms. The van der Waals surface area contributed by atoms with Crippen LogP contribution in [-0.4, -0.2) is 98.0 Å². The van der Waals surface area contributed by atoms with E-state index in [1.807, 2.05) is 13.8 Å². The second kappa shape index (κ2) is 9.65. The molecule has 0 aromatic carbocycles. The van der Waals surface area contributed by atoms with Crippen molar-refractivity contribution in [3.8, 4) is 0 Å². The number of carbonyl (C=O) groups is 1. The number of morpholine rings is 1. The molecule has 1 aromatic rings. The molecule has 2 aliphatic rings. The van der Waals surface area contributed by atoms with Crippen molar-refractivity contribution in [3.05, 3.63) is 0 Å². The van der Waals surface area contributed by atoms with Gasteiger partial charge in [0.2, 0.25) is 17.8 Å². The van der Waals surface area contributed by atoms with Crippen molar-refractivity contribution in [1.29, 1.82) is 0 Å². The molecule has 3 rings (SSSR count). The molecule has 10 heteroatoms. The molecule has 2 aliphatic heterocycles. The van der Waals surface area contributed by atoms with Crippen LogP contribution in [0.2, 0.25) is 0 Å². The molecule has 0 amide bonds. The summed E-state index contributed by atoms with van der Waals surface area (Å²) in [5.41, 5.74) is 0. The van der Waals surface area contributed by atoms with Crippen molar-refractivity contribution in [1.82, 2.24) is 19.9 Å². The Balaban J connectivity index is 1.66. The minimum absolute atomic E-state index is 0.171. The molecule has 10 nitrogen and oxygen atoms in total. The zero-order valence-electron chi connectivity index (χ0n) is 16.2. The molecular formula is C17H29N7O3. The molecule has 0 radical (unpaired) electrons. The van der Waals surface area contributed by atoms with E-state index in [1.165, 1.54) is 0 Å². The molecule has 0 unspecified atom stereocenters. The quantitative estimate of drug-likeness (QED) is 0.643. The van der Waals surface area contributed by atoms with E-state index in [9.17, 15) is 4.79 Å². The molecule has 2 fully saturated rings. The van der Waals surface area contributed by atoms with Gasteiger partial charge in [0.15, 0.2) is 0 Å². The zero-order chi connectivity index (χ0) is 19.1. The van der Waals surface area contributed by atoms with Gasteiger partial charge in [-0.25, -0.2) is 0 Å². The summed E-state index contributed by atoms with van der Waals surface area (Å²) >= 11 is 0. The lowest BCUT2D eigenvalue weighted by molar-refractivity contribution is -0.144. The van der Waals surface area contributed by atoms with Crippen molar-refractivity contribution in [2.75, 3.05) is 87.3 Å². The van der Waals surface area contributed by atoms with Gasteiger partial charge in [0.25, 0.3) is 0 Å². The summed E-state index contributed by atoms with van der Waals surface area (Å²) in [5.74, 6) is 1.79. The summed E-state index contributed by atoms with van der Waals surface area (Å²) < 4.78 is 10.5. The second-order valence-corrected chi connectivity index (χ2v) is 6.46. The Kier molecular flexibility index (Phi) is 6.99. The predicted octanol–water partition coefficient (Wildman–Crippen LogP) is -0.175. The fourth-order valence-corrected chi connectivity index (χ4v) is 3.13. The molecule has 0 atom stereocenters. The van der Waals surface area contributed by atoms with Crippen LogP contribution in [0.25, 0.3) is 0 Å². The largest absolute Gasteiger partial charge is 0.465 e. The monoisotopic (exact) mass is 379 g/mol. The van der Waals surface area contributed by atoms with E-state index in [0.717, 1.165) is 45.8 Å². The highest BCUT2D eigenvalue weighted by Gasteiger charge is 2.23.